The summed E-state index contributed by atoms with van der Waals surface area (Å²) in [5.41, 5.74) is 17.2. The fourth-order valence-corrected chi connectivity index (χ4v) is 8.54. The first-order valence-electron chi connectivity index (χ1n) is 21.9. The zero-order valence-corrected chi connectivity index (χ0v) is 35.5. The average Bonchev–Trinajstić information content (AvgIpc) is 4.18. The zero-order chi connectivity index (χ0) is 43.8. The third-order valence-electron chi connectivity index (χ3n) is 11.5. The van der Waals surface area contributed by atoms with Crippen LogP contribution in [0.1, 0.15) is 71.2 Å². The van der Waals surface area contributed by atoms with Crippen molar-refractivity contribution in [2.24, 2.45) is 0 Å². The molecule has 2 aliphatic rings. The largest absolute Gasteiger partial charge is 0.396 e. The molecular formula is C52H50N8O4. The van der Waals surface area contributed by atoms with Gasteiger partial charge in [-0.05, 0) is 171 Å². The molecule has 12 heteroatoms. The van der Waals surface area contributed by atoms with E-state index in [1.54, 1.807) is 0 Å². The first-order chi connectivity index (χ1) is 31.5. The number of H-pyrrole nitrogens is 2. The summed E-state index contributed by atoms with van der Waals surface area (Å²) in [5.74, 6) is 0. The molecule has 12 nitrogen and oxygen atoms in total. The molecule has 0 amide bonds. The summed E-state index contributed by atoms with van der Waals surface area (Å²) in [6.07, 6.45) is 20.4. The highest BCUT2D eigenvalue weighted by Gasteiger charge is 2.20. The number of aromatic amines is 2. The second-order valence-corrected chi connectivity index (χ2v) is 16.0. The van der Waals surface area contributed by atoms with Crippen LogP contribution < -0.4 is 0 Å². The van der Waals surface area contributed by atoms with Gasteiger partial charge in [0.1, 0.15) is 0 Å². The number of hydrogen-bond donors (Lipinski definition) is 6. The van der Waals surface area contributed by atoms with Crippen molar-refractivity contribution in [3.05, 3.63) is 143 Å². The van der Waals surface area contributed by atoms with E-state index in [2.05, 4.69) is 103 Å². The molecule has 0 radical (unpaired) electrons. The van der Waals surface area contributed by atoms with Crippen LogP contribution >= 0.6 is 0 Å². The molecule has 322 valence electrons. The third-order valence-corrected chi connectivity index (χ3v) is 11.5. The molecule has 0 atom stereocenters. The first kappa shape index (κ1) is 42.3. The number of pyridine rings is 4. The molecule has 9 heterocycles. The summed E-state index contributed by atoms with van der Waals surface area (Å²) in [4.78, 5) is 37.1. The number of hydrogen-bond acceptors (Lipinski definition) is 10. The lowest BCUT2D eigenvalue weighted by Gasteiger charge is -2.09. The van der Waals surface area contributed by atoms with Gasteiger partial charge in [0.25, 0.3) is 0 Å². The Labute approximate surface area is 370 Å². The summed E-state index contributed by atoms with van der Waals surface area (Å²) < 4.78 is 0. The van der Waals surface area contributed by atoms with Crippen LogP contribution in [-0.4, -0.2) is 86.7 Å². The summed E-state index contributed by atoms with van der Waals surface area (Å²) in [5, 5.41) is 38.7. The summed E-state index contributed by atoms with van der Waals surface area (Å²) in [7, 11) is 0. The Kier molecular flexibility index (Phi) is 13.0. The Balaban J connectivity index is 1.41. The van der Waals surface area contributed by atoms with Crippen molar-refractivity contribution in [2.75, 3.05) is 26.4 Å². The molecule has 0 saturated carbocycles. The van der Waals surface area contributed by atoms with Crippen molar-refractivity contribution < 1.29 is 20.4 Å². The Hall–Kier alpha value is -6.96. The molecule has 0 aliphatic carbocycles. The smallest absolute Gasteiger partial charge is 0.0737 e. The Bertz CT molecular complexity index is 2650. The van der Waals surface area contributed by atoms with Gasteiger partial charge in [-0.1, -0.05) is 0 Å². The third kappa shape index (κ3) is 9.08. The van der Waals surface area contributed by atoms with E-state index in [1.807, 2.05) is 49.1 Å². The van der Waals surface area contributed by atoms with Crippen LogP contribution in [0.15, 0.2) is 97.6 Å². The van der Waals surface area contributed by atoms with E-state index in [4.69, 9.17) is 9.97 Å². The number of rotatable bonds is 16. The van der Waals surface area contributed by atoms with Crippen LogP contribution in [0, 0.1) is 0 Å². The summed E-state index contributed by atoms with van der Waals surface area (Å²) in [6.45, 7) is 0.303. The lowest BCUT2D eigenvalue weighted by molar-refractivity contribution is 0.288. The average molecular weight is 851 g/mol. The van der Waals surface area contributed by atoms with Gasteiger partial charge >= 0.3 is 0 Å². The second kappa shape index (κ2) is 19.6. The van der Waals surface area contributed by atoms with Gasteiger partial charge in [-0.25, -0.2) is 9.97 Å². The fraction of sp³-hybridized carbons (Fsp3) is 0.231. The zero-order valence-electron chi connectivity index (χ0n) is 35.5. The van der Waals surface area contributed by atoms with Crippen molar-refractivity contribution >= 4 is 46.4 Å². The van der Waals surface area contributed by atoms with Gasteiger partial charge in [0.15, 0.2) is 0 Å². The minimum atomic E-state index is 0.0757. The normalized spacial score (nSPS) is 12.1. The Morgan fingerprint density at radius 3 is 0.828 bits per heavy atom. The van der Waals surface area contributed by atoms with Gasteiger partial charge in [-0.15, -0.1) is 0 Å². The lowest BCUT2D eigenvalue weighted by atomic mass is 10.0. The highest BCUT2D eigenvalue weighted by molar-refractivity contribution is 5.99. The van der Waals surface area contributed by atoms with Gasteiger partial charge < -0.3 is 30.4 Å². The topological polar surface area (TPSA) is 190 Å². The minimum absolute atomic E-state index is 0.0757. The summed E-state index contributed by atoms with van der Waals surface area (Å²) >= 11 is 0. The quantitative estimate of drug-likeness (QED) is 0.0549. The predicted octanol–water partition coefficient (Wildman–Crippen LogP) is 8.60. The molecular weight excluding hydrogens is 801 g/mol. The van der Waals surface area contributed by atoms with Crippen molar-refractivity contribution in [1.29, 1.82) is 0 Å². The maximum atomic E-state index is 9.67. The van der Waals surface area contributed by atoms with Gasteiger partial charge in [-0.3, -0.25) is 19.9 Å². The van der Waals surface area contributed by atoms with Crippen molar-refractivity contribution in [3.63, 3.8) is 0 Å². The molecule has 2 aliphatic heterocycles. The number of aliphatic hydroxyl groups is 4. The molecule has 7 aromatic heterocycles. The maximum Gasteiger partial charge on any atom is 0.0737 e. The molecule has 6 N–H and O–H groups in total. The number of nitrogens with one attached hydrogen (secondary N) is 2. The molecule has 0 fully saturated rings. The van der Waals surface area contributed by atoms with E-state index in [1.165, 1.54) is 0 Å². The second-order valence-electron chi connectivity index (χ2n) is 16.0. The van der Waals surface area contributed by atoms with Crippen molar-refractivity contribution in [1.82, 2.24) is 39.9 Å². The van der Waals surface area contributed by atoms with Crippen LogP contribution in [-0.2, 0) is 25.7 Å². The molecule has 0 aromatic carbocycles. The van der Waals surface area contributed by atoms with Crippen LogP contribution in [0.2, 0.25) is 0 Å². The van der Waals surface area contributed by atoms with E-state index in [0.717, 1.165) is 112 Å². The molecule has 0 spiro atoms. The number of nitrogens with zero attached hydrogens (tertiary/aromatic N) is 6. The number of aromatic nitrogens is 8. The van der Waals surface area contributed by atoms with Crippen molar-refractivity contribution in [2.45, 2.75) is 51.4 Å². The molecule has 8 bridgehead atoms. The first-order valence-corrected chi connectivity index (χ1v) is 21.9. The van der Waals surface area contributed by atoms with Gasteiger partial charge in [0.05, 0.1) is 22.8 Å². The van der Waals surface area contributed by atoms with Crippen LogP contribution in [0.3, 0.4) is 0 Å². The van der Waals surface area contributed by atoms with Gasteiger partial charge in [0, 0.05) is 118 Å². The SMILES string of the molecule is OCCCc1cc(-c2c3nc(c(-c4ccnc(CCCO)c4)c4ccc([nH]4)c(-c4ccnc(CCCO)c4)c4nc(c(-c5ccnc(CCCO)c5)c5ccc2[nH]5)C=C4)C=C3)ccn1. The van der Waals surface area contributed by atoms with Gasteiger partial charge in [-0.2, -0.15) is 0 Å². The lowest BCUT2D eigenvalue weighted by Crippen LogP contribution is -1.96. The van der Waals surface area contributed by atoms with Crippen LogP contribution in [0.4, 0.5) is 0 Å². The highest BCUT2D eigenvalue weighted by Crippen LogP contribution is 2.39. The van der Waals surface area contributed by atoms with Crippen molar-refractivity contribution in [3.8, 4) is 44.5 Å². The van der Waals surface area contributed by atoms with E-state index < -0.39 is 0 Å². The molecule has 7 aromatic rings. The van der Waals surface area contributed by atoms with E-state index >= 15 is 0 Å². The fourth-order valence-electron chi connectivity index (χ4n) is 8.54. The van der Waals surface area contributed by atoms with E-state index in [-0.39, 0.29) is 26.4 Å². The summed E-state index contributed by atoms with van der Waals surface area (Å²) in [6, 6.07) is 24.7. The van der Waals surface area contributed by atoms with Gasteiger partial charge in [0.2, 0.25) is 0 Å². The Morgan fingerprint density at radius 2 is 0.594 bits per heavy atom. The van der Waals surface area contributed by atoms with E-state index in [9.17, 15) is 20.4 Å². The minimum Gasteiger partial charge on any atom is -0.396 e. The Morgan fingerprint density at radius 1 is 0.344 bits per heavy atom. The van der Waals surface area contributed by atoms with Crippen LogP contribution in [0.25, 0.3) is 90.9 Å². The molecule has 9 rings (SSSR count). The molecule has 0 saturated heterocycles. The maximum absolute atomic E-state index is 9.67. The number of aliphatic hydroxyl groups excluding tert-OH is 4. The highest BCUT2D eigenvalue weighted by atomic mass is 16.3. The number of aryl methyl sites for hydroxylation is 4. The molecule has 0 unspecified atom stereocenters. The molecule has 64 heavy (non-hydrogen) atoms. The van der Waals surface area contributed by atoms with Crippen LogP contribution in [0.5, 0.6) is 0 Å². The monoisotopic (exact) mass is 850 g/mol. The van der Waals surface area contributed by atoms with E-state index in [0.29, 0.717) is 51.4 Å². The number of fused-ring (bicyclic) bond motifs is 8. The standard InChI is InChI=1S/C52H50N8O4/c61-25-1-5-37-29-33(17-21-53-37)49-41-9-11-43(57-41)50(34-18-22-54-38(30-34)6-2-26-62)45-13-15-47(59-45)52(36-20-24-56-40(32-36)8-4-28-64)48-16-14-46(60-48)51(44-12-10-42(49)58-44)35-19-23-55-39(31-35)7-3-27-63/h9-24,29-32,57,60-64H,1-8,25-28H2. The predicted molar refractivity (Wildman–Crippen MR) is 253 cm³/mol.